The number of nitrogens with one attached hydrogen (secondary N) is 1. The van der Waals surface area contributed by atoms with Crippen molar-refractivity contribution in [3.63, 3.8) is 0 Å². The first-order chi connectivity index (χ1) is 11.2. The lowest BCUT2D eigenvalue weighted by molar-refractivity contribution is -0.148. The van der Waals surface area contributed by atoms with E-state index in [1.165, 1.54) is 0 Å². The van der Waals surface area contributed by atoms with Crippen LogP contribution in [0.25, 0.3) is 0 Å². The second kappa shape index (κ2) is 8.50. The van der Waals surface area contributed by atoms with Crippen LogP contribution in [0.4, 0.5) is 0 Å². The average molecular weight is 348 g/mol. The Kier molecular flexibility index (Phi) is 6.64. The molecule has 0 amide bonds. The molecule has 0 spiro atoms. The van der Waals surface area contributed by atoms with Gasteiger partial charge in [0, 0.05) is 0 Å². The van der Waals surface area contributed by atoms with Gasteiger partial charge in [-0.25, -0.2) is 0 Å². The van der Waals surface area contributed by atoms with Gasteiger partial charge in [0.05, 0.1) is 5.41 Å². The maximum atomic E-state index is 12.2. The molecule has 1 fully saturated rings. The van der Waals surface area contributed by atoms with Crippen molar-refractivity contribution < 1.29 is 9.90 Å². The number of piperidine rings is 1. The second-order valence-corrected chi connectivity index (χ2v) is 6.79. The normalized spacial score (nSPS) is 26.8. The lowest BCUT2D eigenvalue weighted by atomic mass is 9.65. The number of benzene rings is 1. The van der Waals surface area contributed by atoms with Crippen molar-refractivity contribution in [1.82, 2.24) is 5.32 Å². The summed E-state index contributed by atoms with van der Waals surface area (Å²) in [5.41, 5.74) is 0.270. The number of halogens is 1. The number of hydrogen-bond acceptors (Lipinski definition) is 2. The van der Waals surface area contributed by atoms with E-state index in [1.807, 2.05) is 48.6 Å². The van der Waals surface area contributed by atoms with E-state index in [1.54, 1.807) is 0 Å². The number of allylic oxidation sites excluding steroid dienone is 3. The van der Waals surface area contributed by atoms with E-state index in [0.29, 0.717) is 12.3 Å². The van der Waals surface area contributed by atoms with Crippen LogP contribution in [-0.4, -0.2) is 24.2 Å². The summed E-state index contributed by atoms with van der Waals surface area (Å²) in [5, 5.41) is 13.4. The quantitative estimate of drug-likeness (QED) is 0.850. The first-order valence-corrected chi connectivity index (χ1v) is 8.55. The Hall–Kier alpha value is -1.58. The molecule has 1 aliphatic carbocycles. The van der Waals surface area contributed by atoms with Gasteiger partial charge >= 0.3 is 5.97 Å². The van der Waals surface area contributed by atoms with E-state index in [2.05, 4.69) is 11.4 Å². The van der Waals surface area contributed by atoms with Crippen LogP contribution >= 0.6 is 12.4 Å². The van der Waals surface area contributed by atoms with Crippen LogP contribution < -0.4 is 5.32 Å². The minimum absolute atomic E-state index is 0. The van der Waals surface area contributed by atoms with Gasteiger partial charge in [0.1, 0.15) is 0 Å². The zero-order chi connectivity index (χ0) is 16.1. The van der Waals surface area contributed by atoms with Gasteiger partial charge < -0.3 is 10.4 Å². The van der Waals surface area contributed by atoms with E-state index < -0.39 is 11.4 Å². The molecule has 2 unspecified atom stereocenters. The third kappa shape index (κ3) is 4.08. The van der Waals surface area contributed by atoms with Gasteiger partial charge in [0.25, 0.3) is 0 Å². The molecule has 0 aromatic heterocycles. The monoisotopic (exact) mass is 347 g/mol. The van der Waals surface area contributed by atoms with Gasteiger partial charge in [-0.1, -0.05) is 54.6 Å². The number of carboxylic acid groups (broad SMARTS) is 1. The number of aliphatic carboxylic acids is 1. The average Bonchev–Trinajstić information content (AvgIpc) is 2.58. The molecule has 2 N–H and O–H groups in total. The van der Waals surface area contributed by atoms with Crippen LogP contribution in [-0.2, 0) is 11.2 Å². The summed E-state index contributed by atoms with van der Waals surface area (Å²) in [4.78, 5) is 12.2. The van der Waals surface area contributed by atoms with Gasteiger partial charge in [-0.2, -0.15) is 0 Å². The standard InChI is InChI=1S/C20H25NO2.ClH/c22-19(23)20(15-17-6-2-1-3-7-17)11-5-4-8-18(20)14-16-9-12-21-13-10-16;/h1-8,11,16,18,21H,9-10,12-15H2,(H,22,23);1H. The highest BCUT2D eigenvalue weighted by molar-refractivity contribution is 5.85. The number of hydrogen-bond donors (Lipinski definition) is 2. The highest BCUT2D eigenvalue weighted by Crippen LogP contribution is 2.42. The van der Waals surface area contributed by atoms with Crippen LogP contribution in [0.15, 0.2) is 54.6 Å². The van der Waals surface area contributed by atoms with Crippen LogP contribution in [0.5, 0.6) is 0 Å². The smallest absolute Gasteiger partial charge is 0.314 e. The van der Waals surface area contributed by atoms with Crippen molar-refractivity contribution in [2.24, 2.45) is 17.3 Å². The first kappa shape index (κ1) is 18.8. The van der Waals surface area contributed by atoms with Crippen LogP contribution in [0.1, 0.15) is 24.8 Å². The molecule has 1 saturated heterocycles. The van der Waals surface area contributed by atoms with Crippen molar-refractivity contribution >= 4 is 18.4 Å². The van der Waals surface area contributed by atoms with E-state index in [4.69, 9.17) is 0 Å². The van der Waals surface area contributed by atoms with Gasteiger partial charge in [-0.15, -0.1) is 12.4 Å². The summed E-state index contributed by atoms with van der Waals surface area (Å²) < 4.78 is 0. The van der Waals surface area contributed by atoms with Crippen molar-refractivity contribution in [2.45, 2.75) is 25.7 Å². The fraction of sp³-hybridized carbons (Fsp3) is 0.450. The Morgan fingerprint density at radius 2 is 1.88 bits per heavy atom. The van der Waals surface area contributed by atoms with Gasteiger partial charge in [-0.05, 0) is 56.2 Å². The van der Waals surface area contributed by atoms with Gasteiger partial charge in [0.2, 0.25) is 0 Å². The second-order valence-electron chi connectivity index (χ2n) is 6.79. The minimum Gasteiger partial charge on any atom is -0.481 e. The summed E-state index contributed by atoms with van der Waals surface area (Å²) in [7, 11) is 0. The SMILES string of the molecule is Cl.O=C(O)C1(Cc2ccccc2)C=CC=CC1CC1CCNCC1. The molecule has 3 rings (SSSR count). The molecular weight excluding hydrogens is 322 g/mol. The molecule has 1 aromatic rings. The molecule has 4 heteroatoms. The molecule has 1 aliphatic heterocycles. The molecule has 0 radical (unpaired) electrons. The molecule has 24 heavy (non-hydrogen) atoms. The molecule has 130 valence electrons. The van der Waals surface area contributed by atoms with Crippen molar-refractivity contribution in [3.05, 3.63) is 60.2 Å². The molecule has 3 nitrogen and oxygen atoms in total. The van der Waals surface area contributed by atoms with Crippen LogP contribution in [0.2, 0.25) is 0 Å². The highest BCUT2D eigenvalue weighted by atomic mass is 35.5. The fourth-order valence-electron chi connectivity index (χ4n) is 3.92. The lowest BCUT2D eigenvalue weighted by Gasteiger charge is -2.38. The number of carbonyl (C=O) groups is 1. The van der Waals surface area contributed by atoms with Gasteiger partial charge in [0.15, 0.2) is 0 Å². The fourth-order valence-corrected chi connectivity index (χ4v) is 3.92. The van der Waals surface area contributed by atoms with Crippen LogP contribution in [0.3, 0.4) is 0 Å². The van der Waals surface area contributed by atoms with Crippen LogP contribution in [0, 0.1) is 17.3 Å². The predicted octanol–water partition coefficient (Wildman–Crippen LogP) is 3.85. The Bertz CT molecular complexity index is 593. The third-order valence-electron chi connectivity index (χ3n) is 5.29. The maximum absolute atomic E-state index is 12.2. The van der Waals surface area contributed by atoms with Crippen molar-refractivity contribution in [2.75, 3.05) is 13.1 Å². The summed E-state index contributed by atoms with van der Waals surface area (Å²) in [6.45, 7) is 2.10. The third-order valence-corrected chi connectivity index (χ3v) is 5.29. The summed E-state index contributed by atoms with van der Waals surface area (Å²) in [5.74, 6) is -0.0268. The molecule has 1 aromatic carbocycles. The van der Waals surface area contributed by atoms with E-state index in [9.17, 15) is 9.90 Å². The molecule has 0 saturated carbocycles. The molecule has 1 heterocycles. The maximum Gasteiger partial charge on any atom is 0.314 e. The summed E-state index contributed by atoms with van der Waals surface area (Å²) in [6, 6.07) is 9.99. The van der Waals surface area contributed by atoms with Gasteiger partial charge in [-0.3, -0.25) is 4.79 Å². The molecule has 2 atom stereocenters. The minimum atomic E-state index is -0.818. The topological polar surface area (TPSA) is 49.3 Å². The summed E-state index contributed by atoms with van der Waals surface area (Å²) in [6.07, 6.45) is 11.7. The van der Waals surface area contributed by atoms with E-state index in [0.717, 1.165) is 37.9 Å². The van der Waals surface area contributed by atoms with Crippen molar-refractivity contribution in [3.8, 4) is 0 Å². The molecule has 0 bridgehead atoms. The Morgan fingerprint density at radius 1 is 1.17 bits per heavy atom. The molecular formula is C20H26ClNO2. The molecule has 2 aliphatic rings. The summed E-state index contributed by atoms with van der Waals surface area (Å²) >= 11 is 0. The zero-order valence-corrected chi connectivity index (χ0v) is 14.7. The van der Waals surface area contributed by atoms with Crippen molar-refractivity contribution in [1.29, 1.82) is 0 Å². The zero-order valence-electron chi connectivity index (χ0n) is 13.9. The highest BCUT2D eigenvalue weighted by Gasteiger charge is 2.44. The number of rotatable bonds is 5. The Balaban J connectivity index is 0.00000208. The predicted molar refractivity (Wildman–Crippen MR) is 99.4 cm³/mol. The number of carboxylic acids is 1. The first-order valence-electron chi connectivity index (χ1n) is 8.55. The van der Waals surface area contributed by atoms with E-state index >= 15 is 0 Å². The largest absolute Gasteiger partial charge is 0.481 e. The lowest BCUT2D eigenvalue weighted by Crippen LogP contribution is -2.41. The van der Waals surface area contributed by atoms with E-state index in [-0.39, 0.29) is 18.3 Å². The Labute approximate surface area is 150 Å². The Morgan fingerprint density at radius 3 is 2.54 bits per heavy atom.